The molecule has 0 aliphatic rings. The van der Waals surface area contributed by atoms with Gasteiger partial charge in [-0.15, -0.1) is 0 Å². The van der Waals surface area contributed by atoms with Crippen molar-refractivity contribution in [3.8, 4) is 11.3 Å². The summed E-state index contributed by atoms with van der Waals surface area (Å²) in [5.41, 5.74) is 1.91. The van der Waals surface area contributed by atoms with E-state index >= 15 is 0 Å². The highest BCUT2D eigenvalue weighted by Gasteiger charge is 2.05. The van der Waals surface area contributed by atoms with E-state index in [0.29, 0.717) is 0 Å². The molecule has 4 heteroatoms. The van der Waals surface area contributed by atoms with E-state index < -0.39 is 0 Å². The average Bonchev–Trinajstić information content (AvgIpc) is 2.75. The van der Waals surface area contributed by atoms with E-state index in [1.165, 1.54) is 0 Å². The Morgan fingerprint density at radius 3 is 2.94 bits per heavy atom. The average molecular weight is 236 g/mol. The molecule has 0 aliphatic carbocycles. The summed E-state index contributed by atoms with van der Waals surface area (Å²) < 4.78 is 0. The van der Waals surface area contributed by atoms with Crippen LogP contribution in [-0.2, 0) is 0 Å². The van der Waals surface area contributed by atoms with Crippen LogP contribution in [-0.4, -0.2) is 16.7 Å². The Bertz CT molecular complexity index is 465. The molecule has 3 nitrogen and oxygen atoms in total. The van der Waals surface area contributed by atoms with Crippen LogP contribution in [0.3, 0.4) is 0 Å². The number of hydrogen-bond donors (Lipinski definition) is 2. The van der Waals surface area contributed by atoms with Gasteiger partial charge in [-0.3, -0.25) is 5.10 Å². The summed E-state index contributed by atoms with van der Waals surface area (Å²) >= 11 is 6.10. The van der Waals surface area contributed by atoms with Crippen molar-refractivity contribution in [2.75, 3.05) is 11.9 Å². The highest BCUT2D eigenvalue weighted by molar-refractivity contribution is 6.33. The second-order valence-corrected chi connectivity index (χ2v) is 3.98. The molecule has 0 aliphatic heterocycles. The van der Waals surface area contributed by atoms with Gasteiger partial charge < -0.3 is 5.32 Å². The Morgan fingerprint density at radius 2 is 2.19 bits per heavy atom. The molecule has 16 heavy (non-hydrogen) atoms. The highest BCUT2D eigenvalue weighted by Crippen LogP contribution is 2.27. The maximum Gasteiger partial charge on any atom is 0.148 e. The van der Waals surface area contributed by atoms with E-state index in [2.05, 4.69) is 22.4 Å². The van der Waals surface area contributed by atoms with Gasteiger partial charge in [-0.2, -0.15) is 5.10 Å². The van der Waals surface area contributed by atoms with Gasteiger partial charge in [-0.25, -0.2) is 0 Å². The van der Waals surface area contributed by atoms with Gasteiger partial charge >= 0.3 is 0 Å². The molecule has 2 N–H and O–H groups in total. The number of benzene rings is 1. The molecule has 2 aromatic rings. The van der Waals surface area contributed by atoms with Gasteiger partial charge in [0.25, 0.3) is 0 Å². The van der Waals surface area contributed by atoms with Crippen molar-refractivity contribution in [3.05, 3.63) is 35.4 Å². The minimum Gasteiger partial charge on any atom is -0.369 e. The smallest absolute Gasteiger partial charge is 0.148 e. The van der Waals surface area contributed by atoms with Crippen LogP contribution in [0.25, 0.3) is 11.3 Å². The number of nitrogens with zero attached hydrogens (tertiary/aromatic N) is 1. The lowest BCUT2D eigenvalue weighted by Crippen LogP contribution is -1.99. The van der Waals surface area contributed by atoms with E-state index in [-0.39, 0.29) is 0 Å². The maximum absolute atomic E-state index is 6.10. The lowest BCUT2D eigenvalue weighted by molar-refractivity contribution is 0.961. The fraction of sp³-hybridized carbons (Fsp3) is 0.250. The minimum absolute atomic E-state index is 0.730. The van der Waals surface area contributed by atoms with E-state index in [1.807, 2.05) is 30.3 Å². The molecule has 0 unspecified atom stereocenters. The summed E-state index contributed by atoms with van der Waals surface area (Å²) in [5.74, 6) is 0.858. The first-order chi connectivity index (χ1) is 7.81. The van der Waals surface area contributed by atoms with Crippen molar-refractivity contribution in [2.24, 2.45) is 0 Å². The number of H-pyrrole nitrogens is 1. The zero-order valence-electron chi connectivity index (χ0n) is 9.13. The number of hydrogen-bond acceptors (Lipinski definition) is 2. The molecule has 0 bridgehead atoms. The monoisotopic (exact) mass is 235 g/mol. The predicted octanol–water partition coefficient (Wildman–Crippen LogP) is 3.55. The molecule has 2 rings (SSSR count). The lowest BCUT2D eigenvalue weighted by Gasteiger charge is -1.99. The second kappa shape index (κ2) is 5.03. The highest BCUT2D eigenvalue weighted by atomic mass is 35.5. The van der Waals surface area contributed by atoms with Crippen LogP contribution >= 0.6 is 11.6 Å². The second-order valence-electron chi connectivity index (χ2n) is 3.57. The zero-order chi connectivity index (χ0) is 11.4. The van der Waals surface area contributed by atoms with Crippen molar-refractivity contribution in [2.45, 2.75) is 13.3 Å². The molecule has 0 amide bonds. The Balaban J connectivity index is 2.22. The number of anilines is 1. The first-order valence-electron chi connectivity index (χ1n) is 5.35. The van der Waals surface area contributed by atoms with Gasteiger partial charge in [0.15, 0.2) is 0 Å². The quantitative estimate of drug-likeness (QED) is 0.851. The maximum atomic E-state index is 6.10. The van der Waals surface area contributed by atoms with Crippen LogP contribution in [0.15, 0.2) is 30.3 Å². The molecule has 0 radical (unpaired) electrons. The summed E-state index contributed by atoms with van der Waals surface area (Å²) in [5, 5.41) is 11.1. The third kappa shape index (κ3) is 2.36. The van der Waals surface area contributed by atoms with Crippen molar-refractivity contribution >= 4 is 17.4 Å². The Labute approximate surface area is 99.8 Å². The largest absolute Gasteiger partial charge is 0.369 e. The number of nitrogens with one attached hydrogen (secondary N) is 2. The van der Waals surface area contributed by atoms with Crippen LogP contribution in [0.5, 0.6) is 0 Å². The van der Waals surface area contributed by atoms with E-state index in [9.17, 15) is 0 Å². The summed E-state index contributed by atoms with van der Waals surface area (Å²) in [4.78, 5) is 0. The van der Waals surface area contributed by atoms with E-state index in [0.717, 1.165) is 35.1 Å². The molecular weight excluding hydrogens is 222 g/mol. The molecule has 0 atom stereocenters. The van der Waals surface area contributed by atoms with Gasteiger partial charge in [0, 0.05) is 23.2 Å². The zero-order valence-corrected chi connectivity index (χ0v) is 9.88. The van der Waals surface area contributed by atoms with Gasteiger partial charge in [0.2, 0.25) is 0 Å². The van der Waals surface area contributed by atoms with Crippen LogP contribution in [0.1, 0.15) is 13.3 Å². The fourth-order valence-electron chi connectivity index (χ4n) is 1.48. The van der Waals surface area contributed by atoms with Gasteiger partial charge in [-0.1, -0.05) is 36.7 Å². The standard InChI is InChI=1S/C12H14ClN3/c1-2-7-14-12-8-11(15-16-12)9-5-3-4-6-10(9)13/h3-6,8H,2,7H2,1H3,(H2,14,15,16). The normalized spacial score (nSPS) is 10.4. The first kappa shape index (κ1) is 11.0. The molecular formula is C12H14ClN3. The molecule has 0 saturated carbocycles. The van der Waals surface area contributed by atoms with Crippen LogP contribution in [0.2, 0.25) is 5.02 Å². The molecule has 0 fully saturated rings. The Hall–Kier alpha value is -1.48. The molecule has 0 saturated heterocycles. The lowest BCUT2D eigenvalue weighted by atomic mass is 10.1. The van der Waals surface area contributed by atoms with Crippen LogP contribution in [0, 0.1) is 0 Å². The van der Waals surface area contributed by atoms with Gasteiger partial charge in [0.05, 0.1) is 5.69 Å². The predicted molar refractivity (Wildman–Crippen MR) is 67.8 cm³/mol. The molecule has 1 aromatic heterocycles. The number of aromatic amines is 1. The van der Waals surface area contributed by atoms with Crippen molar-refractivity contribution in [3.63, 3.8) is 0 Å². The number of rotatable bonds is 4. The van der Waals surface area contributed by atoms with Gasteiger partial charge in [-0.05, 0) is 12.5 Å². The summed E-state index contributed by atoms with van der Waals surface area (Å²) in [7, 11) is 0. The van der Waals surface area contributed by atoms with Crippen LogP contribution in [0.4, 0.5) is 5.82 Å². The third-order valence-corrected chi connectivity index (χ3v) is 2.63. The van der Waals surface area contributed by atoms with Crippen molar-refractivity contribution < 1.29 is 0 Å². The molecule has 1 heterocycles. The Kier molecular flexibility index (Phi) is 3.47. The van der Waals surface area contributed by atoms with Gasteiger partial charge in [0.1, 0.15) is 5.82 Å². The summed E-state index contributed by atoms with van der Waals surface area (Å²) in [6.07, 6.45) is 1.08. The molecule has 84 valence electrons. The first-order valence-corrected chi connectivity index (χ1v) is 5.73. The van der Waals surface area contributed by atoms with Crippen molar-refractivity contribution in [1.82, 2.24) is 10.2 Å². The minimum atomic E-state index is 0.730. The number of aromatic nitrogens is 2. The van der Waals surface area contributed by atoms with Crippen LogP contribution < -0.4 is 5.32 Å². The van der Waals surface area contributed by atoms with E-state index in [1.54, 1.807) is 0 Å². The topological polar surface area (TPSA) is 40.7 Å². The number of halogens is 1. The molecule has 1 aromatic carbocycles. The van der Waals surface area contributed by atoms with Crippen molar-refractivity contribution in [1.29, 1.82) is 0 Å². The third-order valence-electron chi connectivity index (χ3n) is 2.30. The summed E-state index contributed by atoms with van der Waals surface area (Å²) in [6.45, 7) is 3.04. The Morgan fingerprint density at radius 1 is 1.38 bits per heavy atom. The molecule has 0 spiro atoms. The fourth-order valence-corrected chi connectivity index (χ4v) is 1.72. The SMILES string of the molecule is CCCNc1cc(-c2ccccc2Cl)[nH]n1. The summed E-state index contributed by atoms with van der Waals surface area (Å²) in [6, 6.07) is 9.69. The van der Waals surface area contributed by atoms with E-state index in [4.69, 9.17) is 11.6 Å².